The zero-order valence-electron chi connectivity index (χ0n) is 14.0. The van der Waals surface area contributed by atoms with E-state index in [1.807, 2.05) is 6.07 Å². The summed E-state index contributed by atoms with van der Waals surface area (Å²) >= 11 is 5.91. The van der Waals surface area contributed by atoms with E-state index < -0.39 is 5.67 Å². The van der Waals surface area contributed by atoms with Crippen LogP contribution in [-0.2, 0) is 11.2 Å². The van der Waals surface area contributed by atoms with Crippen molar-refractivity contribution in [2.75, 3.05) is 13.2 Å². The van der Waals surface area contributed by atoms with Crippen LogP contribution in [0.4, 0.5) is 4.39 Å². The van der Waals surface area contributed by atoms with Gasteiger partial charge in [0, 0.05) is 46.8 Å². The summed E-state index contributed by atoms with van der Waals surface area (Å²) in [6, 6.07) is 6.67. The summed E-state index contributed by atoms with van der Waals surface area (Å²) in [5.41, 5.74) is 0.466. The van der Waals surface area contributed by atoms with E-state index in [2.05, 4.69) is 15.2 Å². The Morgan fingerprint density at radius 3 is 2.88 bits per heavy atom. The fourth-order valence-electron chi connectivity index (χ4n) is 3.26. The number of rotatable bonds is 4. The lowest BCUT2D eigenvalue weighted by atomic mass is 9.96. The number of fused-ring (bicyclic) bond motifs is 1. The summed E-state index contributed by atoms with van der Waals surface area (Å²) in [7, 11) is 0. The van der Waals surface area contributed by atoms with Gasteiger partial charge in [0.15, 0.2) is 0 Å². The summed E-state index contributed by atoms with van der Waals surface area (Å²) < 4.78 is 19.8. The first-order chi connectivity index (χ1) is 12.6. The minimum absolute atomic E-state index is 0.0310. The van der Waals surface area contributed by atoms with Crippen molar-refractivity contribution in [1.29, 1.82) is 0 Å². The van der Waals surface area contributed by atoms with E-state index >= 15 is 0 Å². The highest BCUT2D eigenvalue weighted by Gasteiger charge is 2.34. The number of alkyl halides is 1. The van der Waals surface area contributed by atoms with E-state index in [-0.39, 0.29) is 12.4 Å². The lowest BCUT2D eigenvalue weighted by Gasteiger charge is -2.17. The zero-order chi connectivity index (χ0) is 18.1. The standard InChI is InChI=1S/C19H17ClFN3O2/c20-12-1-2-14(17(25)9-12)18-13-4-7-22-10-15(13)16(23-24-18)3-5-19(21)6-8-26-11-19/h1-2,4,7,9-10,25H,3,5-6,8,11H2/t19-/m0/s1. The van der Waals surface area contributed by atoms with Crippen molar-refractivity contribution in [2.45, 2.75) is 24.9 Å². The Hall–Kier alpha value is -2.31. The van der Waals surface area contributed by atoms with Crippen molar-refractivity contribution >= 4 is 22.4 Å². The summed E-state index contributed by atoms with van der Waals surface area (Å²) in [6.07, 6.45) is 4.55. The van der Waals surface area contributed by atoms with Gasteiger partial charge in [-0.05, 0) is 37.1 Å². The highest BCUT2D eigenvalue weighted by atomic mass is 35.5. The first-order valence-corrected chi connectivity index (χ1v) is 8.78. The summed E-state index contributed by atoms with van der Waals surface area (Å²) in [5, 5.41) is 20.9. The van der Waals surface area contributed by atoms with Crippen LogP contribution in [0.2, 0.25) is 5.02 Å². The van der Waals surface area contributed by atoms with Crippen LogP contribution in [0.1, 0.15) is 18.5 Å². The normalized spacial score (nSPS) is 19.9. The largest absolute Gasteiger partial charge is 0.507 e. The van der Waals surface area contributed by atoms with Crippen molar-refractivity contribution in [3.05, 3.63) is 47.4 Å². The lowest BCUT2D eigenvalue weighted by molar-refractivity contribution is 0.105. The van der Waals surface area contributed by atoms with Crippen LogP contribution in [0.5, 0.6) is 5.75 Å². The van der Waals surface area contributed by atoms with Gasteiger partial charge in [0.25, 0.3) is 0 Å². The highest BCUT2D eigenvalue weighted by Crippen LogP contribution is 2.35. The number of phenols is 1. The number of aryl methyl sites for hydroxylation is 1. The molecule has 0 unspecified atom stereocenters. The molecule has 0 spiro atoms. The quantitative estimate of drug-likeness (QED) is 0.745. The minimum Gasteiger partial charge on any atom is -0.507 e. The molecule has 5 nitrogen and oxygen atoms in total. The van der Waals surface area contributed by atoms with Gasteiger partial charge in [0.2, 0.25) is 0 Å². The van der Waals surface area contributed by atoms with E-state index in [1.165, 1.54) is 6.07 Å². The fraction of sp³-hybridized carbons (Fsp3) is 0.316. The molecular weight excluding hydrogens is 357 g/mol. The third kappa shape index (κ3) is 3.22. The van der Waals surface area contributed by atoms with Crippen LogP contribution in [0.15, 0.2) is 36.7 Å². The molecule has 26 heavy (non-hydrogen) atoms. The molecular formula is C19H17ClFN3O2. The van der Waals surface area contributed by atoms with E-state index in [0.717, 1.165) is 10.8 Å². The molecule has 0 aliphatic carbocycles. The molecule has 0 bridgehead atoms. The van der Waals surface area contributed by atoms with Crippen molar-refractivity contribution in [2.24, 2.45) is 0 Å². The fourth-order valence-corrected chi connectivity index (χ4v) is 3.43. The second kappa shape index (κ2) is 6.78. The molecule has 0 saturated carbocycles. The monoisotopic (exact) mass is 373 g/mol. The molecule has 0 amide bonds. The molecule has 1 atom stereocenters. The van der Waals surface area contributed by atoms with Gasteiger partial charge in [-0.2, -0.15) is 5.10 Å². The summed E-state index contributed by atoms with van der Waals surface area (Å²) in [4.78, 5) is 4.17. The Bertz CT molecular complexity index is 961. The number of phenolic OH excluding ortho intramolecular Hbond substituents is 1. The number of ether oxygens (including phenoxy) is 1. The predicted molar refractivity (Wildman–Crippen MR) is 97.0 cm³/mol. The molecule has 3 aromatic rings. The van der Waals surface area contributed by atoms with Gasteiger partial charge in [-0.25, -0.2) is 4.39 Å². The van der Waals surface area contributed by atoms with Crippen molar-refractivity contribution in [1.82, 2.24) is 15.2 Å². The number of hydrogen-bond donors (Lipinski definition) is 1. The molecule has 1 saturated heterocycles. The second-order valence-electron chi connectivity index (χ2n) is 6.53. The third-order valence-corrected chi connectivity index (χ3v) is 4.97. The molecule has 7 heteroatoms. The molecule has 134 valence electrons. The number of benzene rings is 1. The van der Waals surface area contributed by atoms with Crippen molar-refractivity contribution < 1.29 is 14.2 Å². The molecule has 1 fully saturated rings. The minimum atomic E-state index is -1.30. The number of pyridine rings is 1. The Labute approximate surface area is 154 Å². The first-order valence-electron chi connectivity index (χ1n) is 8.41. The first kappa shape index (κ1) is 17.1. The second-order valence-corrected chi connectivity index (χ2v) is 6.97. The average molecular weight is 374 g/mol. The van der Waals surface area contributed by atoms with Gasteiger partial charge >= 0.3 is 0 Å². The topological polar surface area (TPSA) is 68.1 Å². The number of nitrogens with zero attached hydrogens (tertiary/aromatic N) is 3. The Morgan fingerprint density at radius 2 is 2.12 bits per heavy atom. The zero-order valence-corrected chi connectivity index (χ0v) is 14.7. The number of aromatic nitrogens is 3. The molecule has 4 rings (SSSR count). The highest BCUT2D eigenvalue weighted by molar-refractivity contribution is 6.30. The van der Waals surface area contributed by atoms with E-state index in [0.29, 0.717) is 47.8 Å². The molecule has 1 aliphatic heterocycles. The van der Waals surface area contributed by atoms with Crippen LogP contribution in [-0.4, -0.2) is 39.2 Å². The number of hydrogen-bond acceptors (Lipinski definition) is 5. The third-order valence-electron chi connectivity index (χ3n) is 4.74. The maximum Gasteiger partial charge on any atom is 0.136 e. The lowest BCUT2D eigenvalue weighted by Crippen LogP contribution is -2.23. The summed E-state index contributed by atoms with van der Waals surface area (Å²) in [5.74, 6) is 0.0310. The Morgan fingerprint density at radius 1 is 1.23 bits per heavy atom. The SMILES string of the molecule is Oc1cc(Cl)ccc1-c1nnc(CC[C@]2(F)CCOC2)c2cnccc12. The smallest absolute Gasteiger partial charge is 0.136 e. The number of halogens is 2. The molecule has 1 aromatic carbocycles. The van der Waals surface area contributed by atoms with Crippen molar-refractivity contribution in [3.8, 4) is 17.0 Å². The van der Waals surface area contributed by atoms with E-state index in [9.17, 15) is 9.50 Å². The van der Waals surface area contributed by atoms with Gasteiger partial charge in [-0.15, -0.1) is 5.10 Å². The molecule has 2 aromatic heterocycles. The molecule has 0 radical (unpaired) electrons. The maximum absolute atomic E-state index is 14.6. The van der Waals surface area contributed by atoms with Crippen LogP contribution < -0.4 is 0 Å². The molecule has 3 heterocycles. The van der Waals surface area contributed by atoms with E-state index in [4.69, 9.17) is 16.3 Å². The van der Waals surface area contributed by atoms with E-state index in [1.54, 1.807) is 24.5 Å². The molecule has 1 N–H and O–H groups in total. The predicted octanol–water partition coefficient (Wildman–Crippen LogP) is 4.11. The van der Waals surface area contributed by atoms with Gasteiger partial charge in [0.1, 0.15) is 17.1 Å². The van der Waals surface area contributed by atoms with Gasteiger partial charge in [-0.3, -0.25) is 4.98 Å². The van der Waals surface area contributed by atoms with Gasteiger partial charge in [-0.1, -0.05) is 11.6 Å². The average Bonchev–Trinajstić information content (AvgIpc) is 3.07. The van der Waals surface area contributed by atoms with Gasteiger partial charge < -0.3 is 9.84 Å². The summed E-state index contributed by atoms with van der Waals surface area (Å²) in [6.45, 7) is 0.590. The number of aromatic hydroxyl groups is 1. The maximum atomic E-state index is 14.6. The van der Waals surface area contributed by atoms with Gasteiger partial charge in [0.05, 0.1) is 12.3 Å². The van der Waals surface area contributed by atoms with Crippen LogP contribution in [0, 0.1) is 0 Å². The Balaban J connectivity index is 1.73. The Kier molecular flexibility index (Phi) is 4.46. The van der Waals surface area contributed by atoms with Crippen LogP contribution in [0.3, 0.4) is 0 Å². The molecule has 1 aliphatic rings. The van der Waals surface area contributed by atoms with Crippen LogP contribution in [0.25, 0.3) is 22.0 Å². The van der Waals surface area contributed by atoms with Crippen LogP contribution >= 0.6 is 11.6 Å². The van der Waals surface area contributed by atoms with Crippen molar-refractivity contribution in [3.63, 3.8) is 0 Å².